The summed E-state index contributed by atoms with van der Waals surface area (Å²) in [4.78, 5) is 23.8. The van der Waals surface area contributed by atoms with Crippen LogP contribution >= 0.6 is 0 Å². The Balaban J connectivity index is 1.35. The molecular formula is C23H30N4O. The van der Waals surface area contributed by atoms with E-state index in [0.717, 1.165) is 57.3 Å². The molecule has 148 valence electrons. The number of anilines is 1. The number of carbonyl (C=O) groups is 1. The Labute approximate surface area is 168 Å². The van der Waals surface area contributed by atoms with E-state index in [1.165, 1.54) is 18.4 Å². The van der Waals surface area contributed by atoms with Crippen molar-refractivity contribution in [2.45, 2.75) is 19.3 Å². The normalized spacial score (nSPS) is 19.0. The van der Waals surface area contributed by atoms with Gasteiger partial charge in [-0.2, -0.15) is 0 Å². The van der Waals surface area contributed by atoms with Crippen LogP contribution in [0, 0.1) is 5.92 Å². The molecule has 0 spiro atoms. The lowest BCUT2D eigenvalue weighted by molar-refractivity contribution is 0.0663. The Morgan fingerprint density at radius 3 is 2.43 bits per heavy atom. The van der Waals surface area contributed by atoms with Crippen molar-refractivity contribution in [3.63, 3.8) is 0 Å². The molecule has 0 aliphatic carbocycles. The molecule has 0 N–H and O–H groups in total. The van der Waals surface area contributed by atoms with E-state index in [1.54, 1.807) is 6.20 Å². The van der Waals surface area contributed by atoms with Crippen molar-refractivity contribution in [3.8, 4) is 0 Å². The molecule has 5 nitrogen and oxygen atoms in total. The number of carbonyl (C=O) groups excluding carboxylic acids is 1. The molecule has 0 atom stereocenters. The molecule has 2 saturated heterocycles. The summed E-state index contributed by atoms with van der Waals surface area (Å²) in [7, 11) is 2.10. The number of piperidine rings is 1. The lowest BCUT2D eigenvalue weighted by Gasteiger charge is -2.34. The minimum absolute atomic E-state index is 0.112. The van der Waals surface area contributed by atoms with Crippen LogP contribution in [0.3, 0.4) is 0 Å². The molecule has 0 bridgehead atoms. The highest BCUT2D eigenvalue weighted by Crippen LogP contribution is 2.26. The van der Waals surface area contributed by atoms with Gasteiger partial charge >= 0.3 is 0 Å². The van der Waals surface area contributed by atoms with Crippen LogP contribution in [0.25, 0.3) is 0 Å². The lowest BCUT2D eigenvalue weighted by atomic mass is 9.90. The summed E-state index contributed by atoms with van der Waals surface area (Å²) in [6.07, 6.45) is 7.15. The minimum atomic E-state index is 0.112. The van der Waals surface area contributed by atoms with Gasteiger partial charge in [0.05, 0.1) is 17.4 Å². The zero-order valence-electron chi connectivity index (χ0n) is 16.8. The zero-order chi connectivity index (χ0) is 19.3. The fourth-order valence-corrected chi connectivity index (χ4v) is 4.25. The van der Waals surface area contributed by atoms with Crippen molar-refractivity contribution in [2.75, 3.05) is 51.2 Å². The molecule has 28 heavy (non-hydrogen) atoms. The second-order valence-corrected chi connectivity index (χ2v) is 8.15. The van der Waals surface area contributed by atoms with Gasteiger partial charge in [0.2, 0.25) is 0 Å². The molecule has 1 amide bonds. The van der Waals surface area contributed by atoms with Gasteiger partial charge in [0.1, 0.15) is 0 Å². The van der Waals surface area contributed by atoms with Gasteiger partial charge in [0.15, 0.2) is 0 Å². The van der Waals surface area contributed by atoms with Crippen LogP contribution in [0.15, 0.2) is 48.8 Å². The van der Waals surface area contributed by atoms with E-state index in [2.05, 4.69) is 52.2 Å². The first kappa shape index (κ1) is 18.9. The average molecular weight is 379 g/mol. The first-order valence-electron chi connectivity index (χ1n) is 10.4. The van der Waals surface area contributed by atoms with E-state index in [0.29, 0.717) is 5.56 Å². The smallest absolute Gasteiger partial charge is 0.255 e. The van der Waals surface area contributed by atoms with Crippen LogP contribution in [0.4, 0.5) is 5.69 Å². The van der Waals surface area contributed by atoms with Crippen molar-refractivity contribution in [1.29, 1.82) is 0 Å². The predicted octanol–water partition coefficient (Wildman–Crippen LogP) is 2.93. The fraction of sp³-hybridized carbons (Fsp3) is 0.478. The molecule has 1 aromatic carbocycles. The molecule has 0 saturated carbocycles. The van der Waals surface area contributed by atoms with Crippen molar-refractivity contribution in [2.24, 2.45) is 5.92 Å². The summed E-state index contributed by atoms with van der Waals surface area (Å²) >= 11 is 0. The SMILES string of the molecule is CN1CCN(C(=O)c2cncc(N3CCC(Cc4ccccc4)CC3)c2)CC1. The maximum atomic E-state index is 12.8. The van der Waals surface area contributed by atoms with E-state index in [-0.39, 0.29) is 5.91 Å². The van der Waals surface area contributed by atoms with E-state index >= 15 is 0 Å². The monoisotopic (exact) mass is 378 g/mol. The van der Waals surface area contributed by atoms with E-state index < -0.39 is 0 Å². The van der Waals surface area contributed by atoms with E-state index in [4.69, 9.17) is 0 Å². The van der Waals surface area contributed by atoms with Crippen LogP contribution in [0.5, 0.6) is 0 Å². The first-order valence-corrected chi connectivity index (χ1v) is 10.4. The number of pyridine rings is 1. The topological polar surface area (TPSA) is 39.7 Å². The Morgan fingerprint density at radius 2 is 1.71 bits per heavy atom. The molecule has 2 fully saturated rings. The van der Waals surface area contributed by atoms with Gasteiger partial charge in [-0.25, -0.2) is 0 Å². The predicted molar refractivity (Wildman–Crippen MR) is 113 cm³/mol. The van der Waals surface area contributed by atoms with Crippen LogP contribution in [-0.4, -0.2) is 67.0 Å². The third-order valence-electron chi connectivity index (χ3n) is 6.11. The van der Waals surface area contributed by atoms with E-state index in [9.17, 15) is 4.79 Å². The Kier molecular flexibility index (Phi) is 5.91. The number of rotatable bonds is 4. The Morgan fingerprint density at radius 1 is 1.00 bits per heavy atom. The molecule has 0 radical (unpaired) electrons. The number of aromatic nitrogens is 1. The van der Waals surface area contributed by atoms with Crippen molar-refractivity contribution in [3.05, 3.63) is 59.9 Å². The summed E-state index contributed by atoms with van der Waals surface area (Å²) in [5, 5.41) is 0. The summed E-state index contributed by atoms with van der Waals surface area (Å²) in [5.41, 5.74) is 3.23. The Bertz CT molecular complexity index is 778. The molecule has 1 aromatic heterocycles. The summed E-state index contributed by atoms with van der Waals surface area (Å²) in [6.45, 7) is 5.53. The number of benzene rings is 1. The lowest BCUT2D eigenvalue weighted by Crippen LogP contribution is -2.47. The minimum Gasteiger partial charge on any atom is -0.370 e. The van der Waals surface area contributed by atoms with Gasteiger partial charge in [-0.1, -0.05) is 30.3 Å². The maximum absolute atomic E-state index is 12.8. The summed E-state index contributed by atoms with van der Waals surface area (Å²) in [6, 6.07) is 12.8. The number of piperazine rings is 1. The van der Waals surface area contributed by atoms with E-state index in [1.807, 2.05) is 17.2 Å². The number of likely N-dealkylation sites (N-methyl/N-ethyl adjacent to an activating group) is 1. The standard InChI is InChI=1S/C23H30N4O/c1-25-11-13-27(14-12-25)23(28)21-16-22(18-24-17-21)26-9-7-20(8-10-26)15-19-5-3-2-4-6-19/h2-6,16-18,20H,7-15H2,1H3. The van der Waals surface area contributed by atoms with Gasteiger partial charge in [0, 0.05) is 45.5 Å². The zero-order valence-corrected chi connectivity index (χ0v) is 16.8. The molecule has 4 rings (SSSR count). The first-order chi connectivity index (χ1) is 13.7. The fourth-order valence-electron chi connectivity index (χ4n) is 4.25. The van der Waals surface area contributed by atoms with Crippen LogP contribution < -0.4 is 4.90 Å². The molecule has 0 unspecified atom stereocenters. The third kappa shape index (κ3) is 4.53. The highest BCUT2D eigenvalue weighted by Gasteiger charge is 2.23. The number of hydrogen-bond donors (Lipinski definition) is 0. The van der Waals surface area contributed by atoms with Gasteiger partial charge in [-0.3, -0.25) is 9.78 Å². The van der Waals surface area contributed by atoms with Gasteiger partial charge < -0.3 is 14.7 Å². The third-order valence-corrected chi connectivity index (χ3v) is 6.11. The molecule has 3 heterocycles. The highest BCUT2D eigenvalue weighted by molar-refractivity contribution is 5.94. The Hall–Kier alpha value is -2.40. The van der Waals surface area contributed by atoms with Gasteiger partial charge in [0.25, 0.3) is 5.91 Å². The van der Waals surface area contributed by atoms with Crippen LogP contribution in [0.1, 0.15) is 28.8 Å². The molecule has 2 aromatic rings. The maximum Gasteiger partial charge on any atom is 0.255 e. The molecular weight excluding hydrogens is 348 g/mol. The average Bonchev–Trinajstić information content (AvgIpc) is 2.75. The molecule has 5 heteroatoms. The number of nitrogens with zero attached hydrogens (tertiary/aromatic N) is 4. The largest absolute Gasteiger partial charge is 0.370 e. The molecule has 2 aliphatic rings. The van der Waals surface area contributed by atoms with Gasteiger partial charge in [-0.15, -0.1) is 0 Å². The van der Waals surface area contributed by atoms with Gasteiger partial charge in [-0.05, 0) is 43.9 Å². The number of amides is 1. The van der Waals surface area contributed by atoms with Crippen molar-refractivity contribution < 1.29 is 4.79 Å². The number of hydrogen-bond acceptors (Lipinski definition) is 4. The molecule has 2 aliphatic heterocycles. The highest BCUT2D eigenvalue weighted by atomic mass is 16.2. The van der Waals surface area contributed by atoms with Crippen molar-refractivity contribution >= 4 is 11.6 Å². The van der Waals surface area contributed by atoms with Crippen LogP contribution in [-0.2, 0) is 6.42 Å². The van der Waals surface area contributed by atoms with Crippen molar-refractivity contribution in [1.82, 2.24) is 14.8 Å². The van der Waals surface area contributed by atoms with Crippen LogP contribution in [0.2, 0.25) is 0 Å². The second-order valence-electron chi connectivity index (χ2n) is 8.15. The summed E-state index contributed by atoms with van der Waals surface area (Å²) in [5.74, 6) is 0.850. The summed E-state index contributed by atoms with van der Waals surface area (Å²) < 4.78 is 0. The quantitative estimate of drug-likeness (QED) is 0.820. The second kappa shape index (κ2) is 8.74.